The first-order valence-electron chi connectivity index (χ1n) is 9.74. The molecule has 3 heterocycles. The summed E-state index contributed by atoms with van der Waals surface area (Å²) in [6.07, 6.45) is 4.90. The van der Waals surface area contributed by atoms with E-state index in [9.17, 15) is 0 Å². The standard InChI is InChI=1S/C23H19N7O/c1-31-19-9-5-8-17-10-11-18(28-20(17)19)12-27-29-22-21-23(25-14-24-22)30(15-26-21)13-16-6-3-2-4-7-16/h2-12,14-15H,13H2,1H3,(H,24,25,29)/b27-12+. The molecule has 0 saturated heterocycles. The van der Waals surface area contributed by atoms with Crippen molar-refractivity contribution in [3.8, 4) is 5.75 Å². The lowest BCUT2D eigenvalue weighted by molar-refractivity contribution is 0.419. The predicted molar refractivity (Wildman–Crippen MR) is 120 cm³/mol. The predicted octanol–water partition coefficient (Wildman–Crippen LogP) is 3.88. The lowest BCUT2D eigenvalue weighted by Gasteiger charge is -2.05. The third kappa shape index (κ3) is 3.78. The maximum atomic E-state index is 5.40. The van der Waals surface area contributed by atoms with Crippen LogP contribution >= 0.6 is 0 Å². The molecule has 3 aromatic heterocycles. The van der Waals surface area contributed by atoms with Gasteiger partial charge in [-0.25, -0.2) is 19.9 Å². The number of hydrogen-bond acceptors (Lipinski definition) is 7. The molecule has 0 aliphatic heterocycles. The monoisotopic (exact) mass is 409 g/mol. The fraction of sp³-hybridized carbons (Fsp3) is 0.0870. The van der Waals surface area contributed by atoms with Gasteiger partial charge in [-0.2, -0.15) is 5.10 Å². The molecule has 152 valence electrons. The second kappa shape index (κ2) is 8.19. The first kappa shape index (κ1) is 18.7. The molecular weight excluding hydrogens is 390 g/mol. The molecule has 0 aliphatic rings. The van der Waals surface area contributed by atoms with Gasteiger partial charge >= 0.3 is 0 Å². The van der Waals surface area contributed by atoms with E-state index in [0.717, 1.165) is 22.3 Å². The van der Waals surface area contributed by atoms with Crippen LogP contribution in [0.4, 0.5) is 5.82 Å². The number of fused-ring (bicyclic) bond motifs is 2. The number of hydrogen-bond donors (Lipinski definition) is 1. The van der Waals surface area contributed by atoms with E-state index in [-0.39, 0.29) is 0 Å². The van der Waals surface area contributed by atoms with Gasteiger partial charge in [0.05, 0.1) is 31.9 Å². The fourth-order valence-electron chi connectivity index (χ4n) is 3.39. The van der Waals surface area contributed by atoms with Crippen LogP contribution in [0.5, 0.6) is 5.75 Å². The molecule has 2 aromatic carbocycles. The molecule has 0 saturated carbocycles. The van der Waals surface area contributed by atoms with Crippen molar-refractivity contribution in [3.63, 3.8) is 0 Å². The highest BCUT2D eigenvalue weighted by atomic mass is 16.5. The summed E-state index contributed by atoms with van der Waals surface area (Å²) in [6, 6.07) is 19.9. The summed E-state index contributed by atoms with van der Waals surface area (Å²) in [5.74, 6) is 1.26. The first-order valence-corrected chi connectivity index (χ1v) is 9.74. The SMILES string of the molecule is COc1cccc2ccc(/C=N/Nc3ncnc4c3ncn4Cc3ccccc3)nc12. The molecule has 0 spiro atoms. The highest BCUT2D eigenvalue weighted by molar-refractivity contribution is 5.89. The van der Waals surface area contributed by atoms with E-state index in [1.807, 2.05) is 53.1 Å². The van der Waals surface area contributed by atoms with E-state index < -0.39 is 0 Å². The van der Waals surface area contributed by atoms with Gasteiger partial charge in [0.25, 0.3) is 0 Å². The minimum absolute atomic E-state index is 0.534. The van der Waals surface area contributed by atoms with Crippen LogP contribution in [-0.2, 0) is 6.54 Å². The summed E-state index contributed by atoms with van der Waals surface area (Å²) < 4.78 is 7.38. The highest BCUT2D eigenvalue weighted by Gasteiger charge is 2.10. The van der Waals surface area contributed by atoms with Crippen molar-refractivity contribution in [1.29, 1.82) is 0 Å². The Morgan fingerprint density at radius 2 is 1.87 bits per heavy atom. The van der Waals surface area contributed by atoms with Gasteiger partial charge in [-0.15, -0.1) is 0 Å². The molecule has 5 rings (SSSR count). The molecule has 0 unspecified atom stereocenters. The molecule has 1 N–H and O–H groups in total. The Bertz CT molecular complexity index is 1380. The molecule has 0 amide bonds. The van der Waals surface area contributed by atoms with Crippen molar-refractivity contribution in [2.75, 3.05) is 12.5 Å². The van der Waals surface area contributed by atoms with Gasteiger partial charge in [0.1, 0.15) is 17.6 Å². The van der Waals surface area contributed by atoms with Crippen LogP contribution in [-0.4, -0.2) is 37.8 Å². The Hall–Kier alpha value is -4.33. The van der Waals surface area contributed by atoms with Gasteiger partial charge in [-0.3, -0.25) is 5.43 Å². The average Bonchev–Trinajstić information content (AvgIpc) is 3.23. The number of methoxy groups -OCH3 is 1. The number of ether oxygens (including phenoxy) is 1. The van der Waals surface area contributed by atoms with Gasteiger partial charge in [-0.1, -0.05) is 48.5 Å². The molecule has 0 aliphatic carbocycles. The molecule has 0 atom stereocenters. The zero-order valence-corrected chi connectivity index (χ0v) is 16.8. The molecule has 31 heavy (non-hydrogen) atoms. The number of aromatic nitrogens is 5. The molecule has 8 nitrogen and oxygen atoms in total. The van der Waals surface area contributed by atoms with Crippen LogP contribution in [0.15, 0.2) is 78.4 Å². The second-order valence-electron chi connectivity index (χ2n) is 6.89. The first-order chi connectivity index (χ1) is 15.3. The highest BCUT2D eigenvalue weighted by Crippen LogP contribution is 2.23. The molecule has 0 bridgehead atoms. The van der Waals surface area contributed by atoms with E-state index >= 15 is 0 Å². The topological polar surface area (TPSA) is 90.1 Å². The zero-order chi connectivity index (χ0) is 21.0. The van der Waals surface area contributed by atoms with Crippen molar-refractivity contribution in [2.45, 2.75) is 6.54 Å². The number of pyridine rings is 1. The van der Waals surface area contributed by atoms with Gasteiger partial charge in [-0.05, 0) is 17.7 Å². The van der Waals surface area contributed by atoms with Crippen LogP contribution in [0.25, 0.3) is 22.1 Å². The Morgan fingerprint density at radius 1 is 0.968 bits per heavy atom. The lowest BCUT2D eigenvalue weighted by Crippen LogP contribution is -2.01. The smallest absolute Gasteiger partial charge is 0.177 e. The van der Waals surface area contributed by atoms with Crippen molar-refractivity contribution in [1.82, 2.24) is 24.5 Å². The number of hydrazone groups is 1. The lowest BCUT2D eigenvalue weighted by atomic mass is 10.2. The van der Waals surface area contributed by atoms with Crippen molar-refractivity contribution >= 4 is 34.1 Å². The van der Waals surface area contributed by atoms with Crippen LogP contribution < -0.4 is 10.2 Å². The average molecular weight is 409 g/mol. The minimum Gasteiger partial charge on any atom is -0.494 e. The van der Waals surface area contributed by atoms with Crippen molar-refractivity contribution in [2.24, 2.45) is 5.10 Å². The molecular formula is C23H19N7O. The summed E-state index contributed by atoms with van der Waals surface area (Å²) in [7, 11) is 1.63. The van der Waals surface area contributed by atoms with Crippen molar-refractivity contribution < 1.29 is 4.74 Å². The fourth-order valence-corrected chi connectivity index (χ4v) is 3.39. The quantitative estimate of drug-likeness (QED) is 0.338. The molecule has 8 heteroatoms. The summed E-state index contributed by atoms with van der Waals surface area (Å²) in [5.41, 5.74) is 7.02. The van der Waals surface area contributed by atoms with Crippen molar-refractivity contribution in [3.05, 3.63) is 84.6 Å². The van der Waals surface area contributed by atoms with Gasteiger partial charge < -0.3 is 9.30 Å². The number of para-hydroxylation sites is 1. The maximum Gasteiger partial charge on any atom is 0.177 e. The van der Waals surface area contributed by atoms with E-state index in [0.29, 0.717) is 23.6 Å². The number of nitrogens with one attached hydrogen (secondary N) is 1. The van der Waals surface area contributed by atoms with Crippen LogP contribution in [0, 0.1) is 0 Å². The third-order valence-electron chi connectivity index (χ3n) is 4.89. The number of imidazole rings is 1. The van der Waals surface area contributed by atoms with Crippen LogP contribution in [0.3, 0.4) is 0 Å². The second-order valence-corrected chi connectivity index (χ2v) is 6.89. The number of nitrogens with zero attached hydrogens (tertiary/aromatic N) is 6. The normalized spacial score (nSPS) is 11.4. The number of benzene rings is 2. The third-order valence-corrected chi connectivity index (χ3v) is 4.89. The Labute approximate surface area is 178 Å². The Balaban J connectivity index is 1.38. The summed E-state index contributed by atoms with van der Waals surface area (Å²) >= 11 is 0. The zero-order valence-electron chi connectivity index (χ0n) is 16.8. The number of rotatable bonds is 6. The largest absolute Gasteiger partial charge is 0.494 e. The summed E-state index contributed by atoms with van der Waals surface area (Å²) in [5, 5.41) is 5.31. The van der Waals surface area contributed by atoms with Crippen LogP contribution in [0.2, 0.25) is 0 Å². The molecule has 0 radical (unpaired) electrons. The van der Waals surface area contributed by atoms with E-state index in [2.05, 4.69) is 42.6 Å². The van der Waals surface area contributed by atoms with E-state index in [1.165, 1.54) is 11.9 Å². The number of anilines is 1. The Kier molecular flexibility index (Phi) is 4.94. The van der Waals surface area contributed by atoms with Gasteiger partial charge in [0.2, 0.25) is 0 Å². The summed E-state index contributed by atoms with van der Waals surface area (Å²) in [4.78, 5) is 17.8. The van der Waals surface area contributed by atoms with Gasteiger partial charge in [0, 0.05) is 5.39 Å². The van der Waals surface area contributed by atoms with E-state index in [1.54, 1.807) is 19.7 Å². The molecule has 5 aromatic rings. The minimum atomic E-state index is 0.534. The van der Waals surface area contributed by atoms with Gasteiger partial charge in [0.15, 0.2) is 17.0 Å². The summed E-state index contributed by atoms with van der Waals surface area (Å²) in [6.45, 7) is 0.680. The van der Waals surface area contributed by atoms with E-state index in [4.69, 9.17) is 4.74 Å². The Morgan fingerprint density at radius 3 is 2.74 bits per heavy atom. The maximum absolute atomic E-state index is 5.40. The molecule has 0 fully saturated rings. The van der Waals surface area contributed by atoms with Crippen LogP contribution in [0.1, 0.15) is 11.3 Å².